The predicted octanol–water partition coefficient (Wildman–Crippen LogP) is 5.01. The zero-order valence-corrected chi connectivity index (χ0v) is 23.0. The number of nitrogens with one attached hydrogen (secondary N) is 1. The molecule has 0 spiro atoms. The van der Waals surface area contributed by atoms with Gasteiger partial charge in [-0.2, -0.15) is 0 Å². The van der Waals surface area contributed by atoms with Gasteiger partial charge in [0.05, 0.1) is 10.6 Å². The molecule has 38 heavy (non-hydrogen) atoms. The molecule has 0 aromatic heterocycles. The Morgan fingerprint density at radius 3 is 2.21 bits per heavy atom. The fraction of sp³-hybridized carbons (Fsp3) is 0.286. The van der Waals surface area contributed by atoms with Gasteiger partial charge in [0.1, 0.15) is 18.4 Å². The van der Waals surface area contributed by atoms with Crippen molar-refractivity contribution >= 4 is 39.1 Å². The van der Waals surface area contributed by atoms with E-state index in [9.17, 15) is 22.4 Å². The molecule has 1 N–H and O–H groups in total. The third kappa shape index (κ3) is 7.33. The van der Waals surface area contributed by atoms with E-state index in [2.05, 4.69) is 5.32 Å². The Bertz CT molecular complexity index is 1350. The molecule has 2 amide bonds. The number of hydrogen-bond acceptors (Lipinski definition) is 4. The number of hydrogen-bond donors (Lipinski definition) is 1. The van der Waals surface area contributed by atoms with Gasteiger partial charge in [-0.3, -0.25) is 13.9 Å². The van der Waals surface area contributed by atoms with Gasteiger partial charge in [-0.1, -0.05) is 54.9 Å². The molecule has 3 rings (SSSR count). The Morgan fingerprint density at radius 2 is 1.63 bits per heavy atom. The van der Waals surface area contributed by atoms with Crippen LogP contribution in [0.2, 0.25) is 5.02 Å². The summed E-state index contributed by atoms with van der Waals surface area (Å²) in [6, 6.07) is 18.5. The lowest BCUT2D eigenvalue weighted by Crippen LogP contribution is -2.53. The third-order valence-corrected chi connectivity index (χ3v) is 7.81. The first-order valence-electron chi connectivity index (χ1n) is 12.2. The number of anilines is 1. The molecule has 3 aromatic carbocycles. The van der Waals surface area contributed by atoms with Gasteiger partial charge in [-0.05, 0) is 68.3 Å². The highest BCUT2D eigenvalue weighted by Gasteiger charge is 2.33. The molecule has 0 saturated carbocycles. The van der Waals surface area contributed by atoms with Crippen molar-refractivity contribution < 1.29 is 22.4 Å². The maximum absolute atomic E-state index is 13.9. The van der Waals surface area contributed by atoms with E-state index in [-0.39, 0.29) is 35.5 Å². The molecule has 0 saturated heterocycles. The van der Waals surface area contributed by atoms with Gasteiger partial charge in [0, 0.05) is 17.6 Å². The van der Waals surface area contributed by atoms with Crippen molar-refractivity contribution in [2.45, 2.75) is 50.7 Å². The van der Waals surface area contributed by atoms with E-state index >= 15 is 0 Å². The van der Waals surface area contributed by atoms with Gasteiger partial charge in [0.2, 0.25) is 11.8 Å². The third-order valence-electron chi connectivity index (χ3n) is 5.79. The second-order valence-corrected chi connectivity index (χ2v) is 11.3. The van der Waals surface area contributed by atoms with Crippen LogP contribution in [0.5, 0.6) is 0 Å². The van der Waals surface area contributed by atoms with Crippen LogP contribution in [-0.4, -0.2) is 43.8 Å². The number of halogens is 2. The number of nitrogens with zero attached hydrogens (tertiary/aromatic N) is 2. The van der Waals surface area contributed by atoms with E-state index in [1.165, 1.54) is 47.4 Å². The highest BCUT2D eigenvalue weighted by atomic mass is 35.5. The SMILES string of the molecule is CC[C@@H](C(=O)NC(C)C)N(Cc1ccc(F)cc1)C(=O)CN(c1cccc(Cl)c1)S(=O)(=O)c1ccccc1. The zero-order chi connectivity index (χ0) is 27.9. The first-order chi connectivity index (χ1) is 18.0. The molecule has 0 unspecified atom stereocenters. The number of sulfonamides is 1. The summed E-state index contributed by atoms with van der Waals surface area (Å²) in [6.45, 7) is 4.79. The molecule has 202 valence electrons. The molecule has 0 aliphatic heterocycles. The van der Waals surface area contributed by atoms with E-state index in [4.69, 9.17) is 11.6 Å². The first-order valence-corrected chi connectivity index (χ1v) is 14.0. The van der Waals surface area contributed by atoms with Crippen LogP contribution < -0.4 is 9.62 Å². The molecule has 3 aromatic rings. The van der Waals surface area contributed by atoms with Crippen LogP contribution in [0.3, 0.4) is 0 Å². The van der Waals surface area contributed by atoms with Crippen molar-refractivity contribution in [3.05, 3.63) is 95.3 Å². The van der Waals surface area contributed by atoms with Crippen LogP contribution in [-0.2, 0) is 26.2 Å². The zero-order valence-electron chi connectivity index (χ0n) is 21.5. The number of carbonyl (C=O) groups excluding carboxylic acids is 2. The summed E-state index contributed by atoms with van der Waals surface area (Å²) in [5.41, 5.74) is 0.798. The van der Waals surface area contributed by atoms with Crippen molar-refractivity contribution in [2.75, 3.05) is 10.8 Å². The highest BCUT2D eigenvalue weighted by Crippen LogP contribution is 2.27. The minimum absolute atomic E-state index is 0.00227. The molecule has 0 aliphatic rings. The summed E-state index contributed by atoms with van der Waals surface area (Å²) < 4.78 is 41.9. The molecule has 1 atom stereocenters. The molecule has 10 heteroatoms. The standard InChI is InChI=1S/C28H31ClFN3O4S/c1-4-26(28(35)31-20(2)3)32(18-21-13-15-23(30)16-14-21)27(34)19-33(24-10-8-9-22(29)17-24)38(36,37)25-11-6-5-7-12-25/h5-17,20,26H,4,18-19H2,1-3H3,(H,31,35)/t26-/m0/s1. The Labute approximate surface area is 228 Å². The lowest BCUT2D eigenvalue weighted by molar-refractivity contribution is -0.140. The van der Waals surface area contributed by atoms with E-state index in [0.29, 0.717) is 10.6 Å². The fourth-order valence-corrected chi connectivity index (χ4v) is 5.58. The van der Waals surface area contributed by atoms with Crippen molar-refractivity contribution in [3.8, 4) is 0 Å². The lowest BCUT2D eigenvalue weighted by Gasteiger charge is -2.33. The average Bonchev–Trinajstić information content (AvgIpc) is 2.88. The Balaban J connectivity index is 2.05. The van der Waals surface area contributed by atoms with Gasteiger partial charge in [0.15, 0.2) is 0 Å². The topological polar surface area (TPSA) is 86.8 Å². The second-order valence-electron chi connectivity index (χ2n) is 9.04. The van der Waals surface area contributed by atoms with Gasteiger partial charge < -0.3 is 10.2 Å². The van der Waals surface area contributed by atoms with E-state index in [1.807, 2.05) is 13.8 Å². The van der Waals surface area contributed by atoms with Crippen molar-refractivity contribution in [1.82, 2.24) is 10.2 Å². The summed E-state index contributed by atoms with van der Waals surface area (Å²) in [4.78, 5) is 28.3. The molecule has 0 aliphatic carbocycles. The lowest BCUT2D eigenvalue weighted by atomic mass is 10.1. The minimum Gasteiger partial charge on any atom is -0.352 e. The maximum atomic E-state index is 13.9. The van der Waals surface area contributed by atoms with E-state index < -0.39 is 34.3 Å². The Morgan fingerprint density at radius 1 is 0.974 bits per heavy atom. The highest BCUT2D eigenvalue weighted by molar-refractivity contribution is 7.92. The molecule has 0 fully saturated rings. The first kappa shape index (κ1) is 29.1. The smallest absolute Gasteiger partial charge is 0.264 e. The summed E-state index contributed by atoms with van der Waals surface area (Å²) >= 11 is 6.17. The summed E-state index contributed by atoms with van der Waals surface area (Å²) in [5, 5.41) is 3.13. The van der Waals surface area contributed by atoms with Crippen LogP contribution in [0.25, 0.3) is 0 Å². The van der Waals surface area contributed by atoms with Crippen molar-refractivity contribution in [2.24, 2.45) is 0 Å². The van der Waals surface area contributed by atoms with Gasteiger partial charge >= 0.3 is 0 Å². The largest absolute Gasteiger partial charge is 0.352 e. The molecule has 7 nitrogen and oxygen atoms in total. The Hall–Kier alpha value is -3.43. The van der Waals surface area contributed by atoms with Crippen molar-refractivity contribution in [3.63, 3.8) is 0 Å². The number of benzene rings is 3. The predicted molar refractivity (Wildman–Crippen MR) is 147 cm³/mol. The summed E-state index contributed by atoms with van der Waals surface area (Å²) in [7, 11) is -4.17. The van der Waals surface area contributed by atoms with Crippen LogP contribution in [0.4, 0.5) is 10.1 Å². The summed E-state index contributed by atoms with van der Waals surface area (Å²) in [5.74, 6) is -1.39. The van der Waals surface area contributed by atoms with Gasteiger partial charge in [-0.25, -0.2) is 12.8 Å². The molecule has 0 heterocycles. The van der Waals surface area contributed by atoms with E-state index in [0.717, 1.165) is 4.31 Å². The maximum Gasteiger partial charge on any atom is 0.264 e. The number of carbonyl (C=O) groups is 2. The van der Waals surface area contributed by atoms with Gasteiger partial charge in [-0.15, -0.1) is 0 Å². The number of amides is 2. The monoisotopic (exact) mass is 559 g/mol. The van der Waals surface area contributed by atoms with Gasteiger partial charge in [0.25, 0.3) is 10.0 Å². The van der Waals surface area contributed by atoms with Crippen LogP contribution in [0.15, 0.2) is 83.8 Å². The van der Waals surface area contributed by atoms with E-state index in [1.54, 1.807) is 43.3 Å². The molecular weight excluding hydrogens is 529 g/mol. The normalized spacial score (nSPS) is 12.2. The minimum atomic E-state index is -4.17. The second kappa shape index (κ2) is 12.9. The van der Waals surface area contributed by atoms with Crippen LogP contribution in [0, 0.1) is 5.82 Å². The number of rotatable bonds is 11. The molecule has 0 radical (unpaired) electrons. The van der Waals surface area contributed by atoms with Crippen LogP contribution in [0.1, 0.15) is 32.8 Å². The van der Waals surface area contributed by atoms with Crippen LogP contribution >= 0.6 is 11.6 Å². The van der Waals surface area contributed by atoms with Crippen molar-refractivity contribution in [1.29, 1.82) is 0 Å². The Kier molecular flexibility index (Phi) is 9.88. The fourth-order valence-electron chi connectivity index (χ4n) is 3.97. The molecule has 0 bridgehead atoms. The molecular formula is C28H31ClFN3O4S. The quantitative estimate of drug-likeness (QED) is 0.358. The summed E-state index contributed by atoms with van der Waals surface area (Å²) in [6.07, 6.45) is 0.286. The average molecular weight is 560 g/mol.